The number of ether oxygens (including phenoxy) is 3. The first-order chi connectivity index (χ1) is 37.7. The maximum absolute atomic E-state index is 13.4. The third kappa shape index (κ3) is 42.0. The van der Waals surface area contributed by atoms with Crippen LogP contribution in [0.2, 0.25) is 0 Å². The summed E-state index contributed by atoms with van der Waals surface area (Å²) in [4.78, 5) is 26.5. The molecule has 448 valence electrons. The number of amides is 1. The first kappa shape index (κ1) is 72.4. The predicted molar refractivity (Wildman–Crippen MR) is 320 cm³/mol. The SMILES string of the molecule is CC/C=C/C=C/C=C\C=C/CCCCC(O)C(=O)NC(COC1OC(CO)C(O)C(O)C1OC(=O)CCCCCCCCCCCCCCCCCCCCCCCCC)C(O)/C=C/CCCCCCCCCCCCC. The molecule has 1 saturated heterocycles. The van der Waals surface area contributed by atoms with E-state index < -0.39 is 67.4 Å². The second-order valence-corrected chi connectivity index (χ2v) is 22.2. The summed E-state index contributed by atoms with van der Waals surface area (Å²) < 4.78 is 17.6. The highest BCUT2D eigenvalue weighted by Gasteiger charge is 2.47. The maximum atomic E-state index is 13.4. The van der Waals surface area contributed by atoms with E-state index in [-0.39, 0.29) is 19.4 Å². The molecule has 11 nitrogen and oxygen atoms in total. The fourth-order valence-electron chi connectivity index (χ4n) is 9.96. The van der Waals surface area contributed by atoms with Crippen LogP contribution >= 0.6 is 0 Å². The van der Waals surface area contributed by atoms with E-state index in [1.165, 1.54) is 180 Å². The molecule has 0 aromatic rings. The summed E-state index contributed by atoms with van der Waals surface area (Å²) in [5.41, 5.74) is 0. The van der Waals surface area contributed by atoms with Gasteiger partial charge in [-0.2, -0.15) is 0 Å². The van der Waals surface area contributed by atoms with Gasteiger partial charge in [-0.15, -0.1) is 0 Å². The van der Waals surface area contributed by atoms with Gasteiger partial charge in [0.1, 0.15) is 24.4 Å². The highest BCUT2D eigenvalue weighted by molar-refractivity contribution is 5.80. The Labute approximate surface area is 471 Å². The smallest absolute Gasteiger partial charge is 0.306 e. The topological polar surface area (TPSA) is 175 Å². The maximum Gasteiger partial charge on any atom is 0.306 e. The van der Waals surface area contributed by atoms with Crippen LogP contribution < -0.4 is 5.32 Å². The number of esters is 1. The Balaban J connectivity index is 2.62. The van der Waals surface area contributed by atoms with Crippen molar-refractivity contribution < 1.29 is 49.3 Å². The molecular weight excluding hydrogens is 967 g/mol. The fraction of sp³-hybridized carbons (Fsp3) is 0.818. The number of aliphatic hydroxyl groups excluding tert-OH is 5. The summed E-state index contributed by atoms with van der Waals surface area (Å²) >= 11 is 0. The molecular formula is C66H119NO10. The molecule has 0 spiro atoms. The number of hydrogen-bond acceptors (Lipinski definition) is 10. The van der Waals surface area contributed by atoms with Crippen LogP contribution in [0.25, 0.3) is 0 Å². The number of aliphatic hydroxyl groups is 5. The van der Waals surface area contributed by atoms with Crippen LogP contribution in [0.5, 0.6) is 0 Å². The molecule has 0 aromatic heterocycles. The van der Waals surface area contributed by atoms with E-state index in [1.807, 2.05) is 48.6 Å². The minimum Gasteiger partial charge on any atom is -0.454 e. The third-order valence-electron chi connectivity index (χ3n) is 15.0. The fourth-order valence-corrected chi connectivity index (χ4v) is 9.96. The molecule has 0 radical (unpaired) electrons. The van der Waals surface area contributed by atoms with Crippen LogP contribution in [0.3, 0.4) is 0 Å². The molecule has 8 unspecified atom stereocenters. The first-order valence-electron chi connectivity index (χ1n) is 32.1. The van der Waals surface area contributed by atoms with E-state index >= 15 is 0 Å². The molecule has 1 fully saturated rings. The number of hydrogen-bond donors (Lipinski definition) is 6. The molecule has 1 heterocycles. The summed E-state index contributed by atoms with van der Waals surface area (Å²) in [5.74, 6) is -1.23. The lowest BCUT2D eigenvalue weighted by molar-refractivity contribution is -0.305. The number of allylic oxidation sites excluding steroid dienone is 9. The summed E-state index contributed by atoms with van der Waals surface area (Å²) in [5, 5.41) is 56.9. The second-order valence-electron chi connectivity index (χ2n) is 22.2. The van der Waals surface area contributed by atoms with E-state index in [1.54, 1.807) is 6.08 Å². The van der Waals surface area contributed by atoms with Gasteiger partial charge in [0.05, 0.1) is 25.4 Å². The average Bonchev–Trinajstić information content (AvgIpc) is 3.43. The Kier molecular flexibility index (Phi) is 50.7. The monoisotopic (exact) mass is 1090 g/mol. The first-order valence-corrected chi connectivity index (χ1v) is 32.1. The Bertz CT molecular complexity index is 1480. The minimum absolute atomic E-state index is 0.121. The molecule has 11 heteroatoms. The molecule has 0 saturated carbocycles. The molecule has 1 aliphatic rings. The van der Waals surface area contributed by atoms with Crippen LogP contribution in [0.1, 0.15) is 284 Å². The van der Waals surface area contributed by atoms with Crippen LogP contribution in [0.15, 0.2) is 60.8 Å². The molecule has 8 atom stereocenters. The van der Waals surface area contributed by atoms with Crippen molar-refractivity contribution in [3.05, 3.63) is 60.8 Å². The van der Waals surface area contributed by atoms with E-state index in [0.717, 1.165) is 57.8 Å². The molecule has 1 amide bonds. The second kappa shape index (κ2) is 54.0. The van der Waals surface area contributed by atoms with Crippen molar-refractivity contribution in [3.8, 4) is 0 Å². The Hall–Kier alpha value is -2.64. The lowest BCUT2D eigenvalue weighted by atomic mass is 9.99. The Morgan fingerprint density at radius 1 is 0.519 bits per heavy atom. The van der Waals surface area contributed by atoms with Crippen LogP contribution in [-0.4, -0.2) is 99.6 Å². The number of rotatable bonds is 54. The van der Waals surface area contributed by atoms with Gasteiger partial charge < -0.3 is 45.1 Å². The van der Waals surface area contributed by atoms with Crippen LogP contribution in [0.4, 0.5) is 0 Å². The molecule has 0 aromatic carbocycles. The molecule has 0 aliphatic carbocycles. The minimum atomic E-state index is -1.62. The number of carbonyl (C=O) groups is 2. The zero-order chi connectivity index (χ0) is 56.1. The van der Waals surface area contributed by atoms with Gasteiger partial charge >= 0.3 is 5.97 Å². The van der Waals surface area contributed by atoms with Gasteiger partial charge in [0.15, 0.2) is 12.4 Å². The van der Waals surface area contributed by atoms with Crippen LogP contribution in [-0.2, 0) is 23.8 Å². The molecule has 6 N–H and O–H groups in total. The molecule has 0 bridgehead atoms. The van der Waals surface area contributed by atoms with Gasteiger partial charge in [-0.1, -0.05) is 293 Å². The normalized spacial score (nSPS) is 19.4. The summed E-state index contributed by atoms with van der Waals surface area (Å²) in [6.07, 6.45) is 57.1. The van der Waals surface area contributed by atoms with Crippen molar-refractivity contribution in [2.45, 2.75) is 333 Å². The number of nitrogens with one attached hydrogen (secondary N) is 1. The van der Waals surface area contributed by atoms with E-state index in [2.05, 4.69) is 32.2 Å². The van der Waals surface area contributed by atoms with Crippen molar-refractivity contribution in [2.24, 2.45) is 0 Å². The Morgan fingerprint density at radius 3 is 1.40 bits per heavy atom. The van der Waals surface area contributed by atoms with Crippen molar-refractivity contribution in [1.29, 1.82) is 0 Å². The zero-order valence-corrected chi connectivity index (χ0v) is 49.6. The van der Waals surface area contributed by atoms with Crippen molar-refractivity contribution in [2.75, 3.05) is 13.2 Å². The molecule has 1 aliphatic heterocycles. The largest absolute Gasteiger partial charge is 0.454 e. The van der Waals surface area contributed by atoms with Gasteiger partial charge in [0.2, 0.25) is 5.91 Å². The van der Waals surface area contributed by atoms with Gasteiger partial charge in [-0.05, 0) is 44.9 Å². The van der Waals surface area contributed by atoms with E-state index in [4.69, 9.17) is 14.2 Å². The van der Waals surface area contributed by atoms with Crippen LogP contribution in [0, 0.1) is 0 Å². The van der Waals surface area contributed by atoms with Crippen molar-refractivity contribution in [3.63, 3.8) is 0 Å². The molecule has 77 heavy (non-hydrogen) atoms. The molecule has 1 rings (SSSR count). The zero-order valence-electron chi connectivity index (χ0n) is 49.6. The average molecular weight is 1090 g/mol. The van der Waals surface area contributed by atoms with Gasteiger partial charge in [-0.3, -0.25) is 9.59 Å². The van der Waals surface area contributed by atoms with E-state index in [9.17, 15) is 35.1 Å². The predicted octanol–water partition coefficient (Wildman–Crippen LogP) is 15.4. The van der Waals surface area contributed by atoms with Gasteiger partial charge in [-0.25, -0.2) is 0 Å². The third-order valence-corrected chi connectivity index (χ3v) is 15.0. The summed E-state index contributed by atoms with van der Waals surface area (Å²) in [6, 6.07) is -1.04. The van der Waals surface area contributed by atoms with Gasteiger partial charge in [0, 0.05) is 6.42 Å². The van der Waals surface area contributed by atoms with E-state index in [0.29, 0.717) is 12.8 Å². The van der Waals surface area contributed by atoms with Crippen molar-refractivity contribution >= 4 is 11.9 Å². The number of carbonyl (C=O) groups excluding carboxylic acids is 2. The lowest BCUT2D eigenvalue weighted by Crippen LogP contribution is -2.61. The van der Waals surface area contributed by atoms with Crippen molar-refractivity contribution in [1.82, 2.24) is 5.32 Å². The highest BCUT2D eigenvalue weighted by atomic mass is 16.7. The lowest BCUT2D eigenvalue weighted by Gasteiger charge is -2.41. The quantitative estimate of drug-likeness (QED) is 0.0149. The Morgan fingerprint density at radius 2 is 0.935 bits per heavy atom. The summed E-state index contributed by atoms with van der Waals surface area (Å²) in [7, 11) is 0. The summed E-state index contributed by atoms with van der Waals surface area (Å²) in [6.45, 7) is 5.64. The number of unbranched alkanes of at least 4 members (excludes halogenated alkanes) is 35. The highest BCUT2D eigenvalue weighted by Crippen LogP contribution is 2.26. The standard InChI is InChI=1S/C66H119NO10/c1-4-7-10-13-16-19-22-25-26-27-28-29-30-31-32-33-34-36-39-42-45-48-51-54-61(71)77-64-63(73)62(72)60(55-68)76-66(64)75-56-57(58(69)52-49-46-43-40-38-35-23-20-17-14-11-8-5-2)67-65(74)59(70)53-50-47-44-41-37-24-21-18-15-12-9-6-3/h9,12,15,18,21,24,37,41,49,52,57-60,62-64,66,68-70,72-73H,4-8,10-11,13-14,16-17,19-20,22-23,25-36,38-40,42-48,50-51,53-56H2,1-3H3,(H,67,74)/b12-9+,18-15+,24-21-,41-37-,52-49+. The van der Waals surface area contributed by atoms with Gasteiger partial charge in [0.25, 0.3) is 0 Å².